The zero-order valence-electron chi connectivity index (χ0n) is 10.9. The molecule has 1 fully saturated rings. The maximum Gasteiger partial charge on any atom is 0.254 e. The first kappa shape index (κ1) is 12.7. The Balaban J connectivity index is 1.87. The number of hydrogen-bond acceptors (Lipinski definition) is 4. The van der Waals surface area contributed by atoms with Gasteiger partial charge in [0.25, 0.3) is 5.91 Å². The molecule has 2 aliphatic rings. The van der Waals surface area contributed by atoms with Crippen molar-refractivity contribution in [2.45, 2.75) is 25.3 Å². The molecule has 1 unspecified atom stereocenters. The van der Waals surface area contributed by atoms with Gasteiger partial charge in [-0.2, -0.15) is 0 Å². The molecule has 3 N–H and O–H groups in total. The number of fused-ring (bicyclic) bond motifs is 1. The van der Waals surface area contributed by atoms with Crippen molar-refractivity contribution in [1.29, 1.82) is 0 Å². The number of nitrogen functional groups attached to an aromatic ring is 1. The van der Waals surface area contributed by atoms with Crippen LogP contribution in [0.15, 0.2) is 18.2 Å². The van der Waals surface area contributed by atoms with E-state index in [1.165, 1.54) is 0 Å². The molecule has 1 saturated heterocycles. The monoisotopic (exact) mass is 273 g/mol. The minimum Gasteiger partial charge on any atom is -0.399 e. The highest BCUT2D eigenvalue weighted by Gasteiger charge is 2.37. The van der Waals surface area contributed by atoms with Gasteiger partial charge in [0.15, 0.2) is 0 Å². The largest absolute Gasteiger partial charge is 0.399 e. The zero-order valence-corrected chi connectivity index (χ0v) is 10.9. The third-order valence-electron chi connectivity index (χ3n) is 3.83. The molecule has 0 aromatic heterocycles. The Morgan fingerprint density at radius 2 is 2.00 bits per heavy atom. The molecule has 0 radical (unpaired) electrons. The second-order valence-corrected chi connectivity index (χ2v) is 5.13. The lowest BCUT2D eigenvalue weighted by atomic mass is 9.95. The number of carbonyl (C=O) groups is 3. The van der Waals surface area contributed by atoms with E-state index < -0.39 is 6.04 Å². The molecule has 0 bridgehead atoms. The van der Waals surface area contributed by atoms with Crippen LogP contribution < -0.4 is 11.1 Å². The van der Waals surface area contributed by atoms with Gasteiger partial charge in [0.1, 0.15) is 6.04 Å². The molecule has 0 aliphatic carbocycles. The lowest BCUT2D eigenvalue weighted by Crippen LogP contribution is -2.55. The SMILES string of the molecule is Nc1ccc2c(c1)CCN(C1CCC(=O)NC1=O)C2=O. The van der Waals surface area contributed by atoms with Gasteiger partial charge in [-0.1, -0.05) is 0 Å². The highest BCUT2D eigenvalue weighted by Crippen LogP contribution is 2.25. The number of nitrogens with one attached hydrogen (secondary N) is 1. The molecule has 2 heterocycles. The van der Waals surface area contributed by atoms with E-state index in [9.17, 15) is 14.4 Å². The standard InChI is InChI=1S/C14H15N3O3/c15-9-1-2-10-8(7-9)5-6-17(14(10)20)11-3-4-12(18)16-13(11)19/h1-2,7,11H,3-6,15H2,(H,16,18,19). The molecule has 1 atom stereocenters. The summed E-state index contributed by atoms with van der Waals surface area (Å²) in [4.78, 5) is 37.1. The van der Waals surface area contributed by atoms with E-state index in [0.717, 1.165) is 5.56 Å². The van der Waals surface area contributed by atoms with Crippen LogP contribution >= 0.6 is 0 Å². The van der Waals surface area contributed by atoms with E-state index in [1.807, 2.05) is 0 Å². The molecule has 3 amide bonds. The average molecular weight is 273 g/mol. The van der Waals surface area contributed by atoms with Crippen LogP contribution in [0.25, 0.3) is 0 Å². The summed E-state index contributed by atoms with van der Waals surface area (Å²) in [6.45, 7) is 0.474. The highest BCUT2D eigenvalue weighted by atomic mass is 16.2. The van der Waals surface area contributed by atoms with Crippen molar-refractivity contribution >= 4 is 23.4 Å². The van der Waals surface area contributed by atoms with E-state index in [-0.39, 0.29) is 24.1 Å². The maximum atomic E-state index is 12.5. The van der Waals surface area contributed by atoms with Crippen molar-refractivity contribution in [1.82, 2.24) is 10.2 Å². The summed E-state index contributed by atoms with van der Waals surface area (Å²) in [5.41, 5.74) is 7.85. The summed E-state index contributed by atoms with van der Waals surface area (Å²) in [6.07, 6.45) is 1.33. The summed E-state index contributed by atoms with van der Waals surface area (Å²) in [6, 6.07) is 4.64. The smallest absolute Gasteiger partial charge is 0.254 e. The summed E-state index contributed by atoms with van der Waals surface area (Å²) >= 11 is 0. The Morgan fingerprint density at radius 3 is 2.75 bits per heavy atom. The number of nitrogens with zero attached hydrogens (tertiary/aromatic N) is 1. The Kier molecular flexibility index (Phi) is 2.93. The predicted octanol–water partition coefficient (Wildman–Crippen LogP) is 0.0723. The molecule has 0 saturated carbocycles. The number of rotatable bonds is 1. The van der Waals surface area contributed by atoms with Crippen molar-refractivity contribution in [2.24, 2.45) is 0 Å². The average Bonchev–Trinajstić information content (AvgIpc) is 2.40. The van der Waals surface area contributed by atoms with Gasteiger partial charge in [0.2, 0.25) is 11.8 Å². The number of hydrogen-bond donors (Lipinski definition) is 2. The Bertz CT molecular complexity index is 612. The number of amides is 3. The lowest BCUT2D eigenvalue weighted by Gasteiger charge is -2.36. The molecule has 1 aromatic carbocycles. The molecule has 6 nitrogen and oxygen atoms in total. The molecule has 20 heavy (non-hydrogen) atoms. The van der Waals surface area contributed by atoms with E-state index in [0.29, 0.717) is 30.6 Å². The second kappa shape index (κ2) is 4.63. The molecule has 104 valence electrons. The molecule has 6 heteroatoms. The van der Waals surface area contributed by atoms with Gasteiger partial charge in [0, 0.05) is 24.2 Å². The highest BCUT2D eigenvalue weighted by molar-refractivity contribution is 6.04. The summed E-state index contributed by atoms with van der Waals surface area (Å²) in [7, 11) is 0. The van der Waals surface area contributed by atoms with Crippen LogP contribution in [0.4, 0.5) is 5.69 Å². The normalized spacial score (nSPS) is 22.5. The number of nitrogens with two attached hydrogens (primary N) is 1. The van der Waals surface area contributed by atoms with E-state index in [4.69, 9.17) is 5.73 Å². The maximum absolute atomic E-state index is 12.5. The van der Waals surface area contributed by atoms with Crippen molar-refractivity contribution in [3.63, 3.8) is 0 Å². The summed E-state index contributed by atoms with van der Waals surface area (Å²) in [5.74, 6) is -0.821. The van der Waals surface area contributed by atoms with Crippen LogP contribution in [0.3, 0.4) is 0 Å². The molecule has 2 aliphatic heterocycles. The lowest BCUT2D eigenvalue weighted by molar-refractivity contribution is -0.136. The van der Waals surface area contributed by atoms with Crippen LogP contribution in [0.5, 0.6) is 0 Å². The minimum absolute atomic E-state index is 0.166. The zero-order chi connectivity index (χ0) is 14.3. The van der Waals surface area contributed by atoms with Gasteiger partial charge in [0.05, 0.1) is 0 Å². The fourth-order valence-corrected chi connectivity index (χ4v) is 2.80. The van der Waals surface area contributed by atoms with Crippen LogP contribution in [0, 0.1) is 0 Å². The number of imide groups is 1. The molecular formula is C14H15N3O3. The number of benzene rings is 1. The fraction of sp³-hybridized carbons (Fsp3) is 0.357. The Morgan fingerprint density at radius 1 is 1.20 bits per heavy atom. The quantitative estimate of drug-likeness (QED) is 0.559. The second-order valence-electron chi connectivity index (χ2n) is 5.13. The van der Waals surface area contributed by atoms with E-state index in [1.54, 1.807) is 23.1 Å². The van der Waals surface area contributed by atoms with Crippen molar-refractivity contribution < 1.29 is 14.4 Å². The summed E-state index contributed by atoms with van der Waals surface area (Å²) < 4.78 is 0. The molecule has 0 spiro atoms. The third-order valence-corrected chi connectivity index (χ3v) is 3.83. The Labute approximate surface area is 115 Å². The van der Waals surface area contributed by atoms with E-state index >= 15 is 0 Å². The number of piperidine rings is 1. The Hall–Kier alpha value is -2.37. The van der Waals surface area contributed by atoms with Gasteiger partial charge in [-0.05, 0) is 36.6 Å². The van der Waals surface area contributed by atoms with Gasteiger partial charge >= 0.3 is 0 Å². The molecule has 1 aromatic rings. The van der Waals surface area contributed by atoms with Crippen molar-refractivity contribution in [2.75, 3.05) is 12.3 Å². The van der Waals surface area contributed by atoms with Crippen molar-refractivity contribution in [3.8, 4) is 0 Å². The number of carbonyl (C=O) groups excluding carboxylic acids is 3. The first-order chi connectivity index (χ1) is 9.56. The minimum atomic E-state index is -0.550. The topological polar surface area (TPSA) is 92.5 Å². The predicted molar refractivity (Wildman–Crippen MR) is 71.8 cm³/mol. The molecule has 3 rings (SSSR count). The van der Waals surface area contributed by atoms with E-state index in [2.05, 4.69) is 5.32 Å². The van der Waals surface area contributed by atoms with Crippen LogP contribution in [-0.4, -0.2) is 35.2 Å². The molecular weight excluding hydrogens is 258 g/mol. The van der Waals surface area contributed by atoms with Crippen LogP contribution in [0.1, 0.15) is 28.8 Å². The third kappa shape index (κ3) is 2.03. The first-order valence-electron chi connectivity index (χ1n) is 6.59. The first-order valence-corrected chi connectivity index (χ1v) is 6.59. The van der Waals surface area contributed by atoms with Gasteiger partial charge in [-0.15, -0.1) is 0 Å². The van der Waals surface area contributed by atoms with Crippen LogP contribution in [-0.2, 0) is 16.0 Å². The fourth-order valence-electron chi connectivity index (χ4n) is 2.80. The van der Waals surface area contributed by atoms with Crippen LogP contribution in [0.2, 0.25) is 0 Å². The van der Waals surface area contributed by atoms with Gasteiger partial charge in [-0.25, -0.2) is 0 Å². The summed E-state index contributed by atoms with van der Waals surface area (Å²) in [5, 5.41) is 2.29. The van der Waals surface area contributed by atoms with Gasteiger partial charge in [-0.3, -0.25) is 19.7 Å². The van der Waals surface area contributed by atoms with Gasteiger partial charge < -0.3 is 10.6 Å². The van der Waals surface area contributed by atoms with Crippen molar-refractivity contribution in [3.05, 3.63) is 29.3 Å². The number of anilines is 1.